The van der Waals surface area contributed by atoms with Gasteiger partial charge in [0.05, 0.1) is 23.7 Å². The Morgan fingerprint density at radius 3 is 2.35 bits per heavy atom. The third-order valence-electron chi connectivity index (χ3n) is 11.4. The number of carboxylic acids is 1. The molecule has 4 aliphatic rings. The number of carbonyl (C=O) groups is 3. The number of hydrogen-bond acceptors (Lipinski definition) is 6. The van der Waals surface area contributed by atoms with Crippen LogP contribution >= 0.6 is 0 Å². The van der Waals surface area contributed by atoms with Gasteiger partial charge in [0, 0.05) is 24.0 Å². The normalized spacial score (nSPS) is 43.1. The third kappa shape index (κ3) is 3.82. The lowest BCUT2D eigenvalue weighted by molar-refractivity contribution is -0.142. The van der Waals surface area contributed by atoms with Gasteiger partial charge in [0.25, 0.3) is 0 Å². The molecule has 0 saturated heterocycles. The molecule has 0 heterocycles. The van der Waals surface area contributed by atoms with E-state index in [1.54, 1.807) is 0 Å². The lowest BCUT2D eigenvalue weighted by Crippen LogP contribution is -2.60. The number of aliphatic hydroxyl groups excluding tert-OH is 3. The first-order valence-electron chi connectivity index (χ1n) is 13.7. The lowest BCUT2D eigenvalue weighted by atomic mass is 9.42. The lowest BCUT2D eigenvalue weighted by Gasteiger charge is -2.61. The van der Waals surface area contributed by atoms with Crippen LogP contribution in [-0.4, -0.2) is 56.3 Å². The number of carbonyl (C=O) groups excluding carboxylic acids is 2. The summed E-state index contributed by atoms with van der Waals surface area (Å²) in [5, 5.41) is 42.1. The Balaban J connectivity index is 1.77. The van der Waals surface area contributed by atoms with Crippen LogP contribution in [0.5, 0.6) is 0 Å². The van der Waals surface area contributed by atoms with Crippen LogP contribution in [0.1, 0.15) is 87.0 Å². The number of aliphatic hydroxyl groups is 3. The minimum atomic E-state index is -1.09. The van der Waals surface area contributed by atoms with E-state index >= 15 is 0 Å². The second kappa shape index (κ2) is 8.85. The van der Waals surface area contributed by atoms with Gasteiger partial charge in [-0.05, 0) is 85.2 Å². The average Bonchev–Trinajstić information content (AvgIpc) is 2.99. The molecule has 0 aromatic carbocycles. The molecule has 9 atom stereocenters. The highest BCUT2D eigenvalue weighted by molar-refractivity contribution is 6.05. The summed E-state index contributed by atoms with van der Waals surface area (Å²) in [5.41, 5.74) is -1.42. The van der Waals surface area contributed by atoms with Crippen LogP contribution in [0.3, 0.4) is 0 Å². The zero-order chi connectivity index (χ0) is 27.9. The first-order valence-corrected chi connectivity index (χ1v) is 13.7. The summed E-state index contributed by atoms with van der Waals surface area (Å²) in [6, 6.07) is 0. The molecule has 0 spiro atoms. The molecule has 37 heavy (non-hydrogen) atoms. The van der Waals surface area contributed by atoms with Crippen LogP contribution in [0.2, 0.25) is 0 Å². The van der Waals surface area contributed by atoms with Crippen molar-refractivity contribution < 1.29 is 34.8 Å². The van der Waals surface area contributed by atoms with E-state index in [2.05, 4.69) is 6.92 Å². The van der Waals surface area contributed by atoms with Crippen molar-refractivity contribution >= 4 is 17.5 Å². The van der Waals surface area contributed by atoms with E-state index in [-0.39, 0.29) is 54.2 Å². The average molecular weight is 517 g/mol. The molecule has 4 N–H and O–H groups in total. The predicted molar refractivity (Wildman–Crippen MR) is 138 cm³/mol. The maximum atomic E-state index is 14.1. The number of fused-ring (bicyclic) bond motifs is 4. The van der Waals surface area contributed by atoms with Gasteiger partial charge in [-0.3, -0.25) is 9.59 Å². The van der Waals surface area contributed by atoms with E-state index in [1.807, 2.05) is 34.6 Å². The van der Waals surface area contributed by atoms with Crippen LogP contribution in [0, 0.1) is 39.4 Å². The molecule has 206 valence electrons. The molecular formula is C30H44O7. The fourth-order valence-corrected chi connectivity index (χ4v) is 9.07. The molecule has 4 rings (SSSR count). The number of carboxylic acid groups (broad SMARTS) is 1. The highest BCUT2D eigenvalue weighted by Crippen LogP contribution is 2.70. The highest BCUT2D eigenvalue weighted by Gasteiger charge is 2.70. The van der Waals surface area contributed by atoms with E-state index in [1.165, 1.54) is 13.0 Å². The number of aliphatic carboxylic acids is 1. The minimum Gasteiger partial charge on any atom is -0.478 e. The summed E-state index contributed by atoms with van der Waals surface area (Å²) in [6.45, 7) is 13.4. The number of rotatable bonds is 5. The van der Waals surface area contributed by atoms with Crippen molar-refractivity contribution in [1.82, 2.24) is 0 Å². The Hall–Kier alpha value is -1.83. The Kier molecular flexibility index (Phi) is 6.74. The van der Waals surface area contributed by atoms with Crippen LogP contribution in [0.15, 0.2) is 22.8 Å². The van der Waals surface area contributed by atoms with Crippen molar-refractivity contribution in [2.75, 3.05) is 0 Å². The zero-order valence-corrected chi connectivity index (χ0v) is 23.3. The van der Waals surface area contributed by atoms with E-state index in [4.69, 9.17) is 5.11 Å². The Bertz CT molecular complexity index is 1090. The van der Waals surface area contributed by atoms with Gasteiger partial charge in [0.1, 0.15) is 5.78 Å². The number of hydrogen-bond donors (Lipinski definition) is 4. The van der Waals surface area contributed by atoms with Crippen LogP contribution in [0.25, 0.3) is 0 Å². The molecule has 2 saturated carbocycles. The minimum absolute atomic E-state index is 0.0116. The topological polar surface area (TPSA) is 132 Å². The molecule has 9 unspecified atom stereocenters. The first-order chi connectivity index (χ1) is 16.9. The van der Waals surface area contributed by atoms with Crippen LogP contribution in [-0.2, 0) is 14.4 Å². The molecule has 0 aromatic heterocycles. The van der Waals surface area contributed by atoms with Crippen molar-refractivity contribution in [1.29, 1.82) is 0 Å². The molecular weight excluding hydrogens is 472 g/mol. The van der Waals surface area contributed by atoms with Gasteiger partial charge in [0.2, 0.25) is 0 Å². The van der Waals surface area contributed by atoms with Crippen molar-refractivity contribution in [3.05, 3.63) is 22.8 Å². The van der Waals surface area contributed by atoms with Crippen LogP contribution < -0.4 is 0 Å². The van der Waals surface area contributed by atoms with E-state index in [0.717, 1.165) is 0 Å². The van der Waals surface area contributed by atoms with Gasteiger partial charge in [-0.25, -0.2) is 4.79 Å². The summed E-state index contributed by atoms with van der Waals surface area (Å²) in [7, 11) is 0. The zero-order valence-electron chi connectivity index (χ0n) is 23.3. The molecule has 0 radical (unpaired) electrons. The summed E-state index contributed by atoms with van der Waals surface area (Å²) in [4.78, 5) is 39.2. The predicted octanol–water partition coefficient (Wildman–Crippen LogP) is 3.84. The summed E-state index contributed by atoms with van der Waals surface area (Å²) < 4.78 is 0. The number of Topliss-reactive ketones (excluding diaryl/α,β-unsaturated/α-hetero) is 2. The summed E-state index contributed by atoms with van der Waals surface area (Å²) >= 11 is 0. The molecule has 7 heteroatoms. The van der Waals surface area contributed by atoms with Crippen LogP contribution in [0.4, 0.5) is 0 Å². The molecule has 0 amide bonds. The maximum absolute atomic E-state index is 14.1. The Morgan fingerprint density at radius 2 is 1.76 bits per heavy atom. The van der Waals surface area contributed by atoms with Gasteiger partial charge in [-0.2, -0.15) is 0 Å². The van der Waals surface area contributed by atoms with Gasteiger partial charge >= 0.3 is 5.97 Å². The fraction of sp³-hybridized carbons (Fsp3) is 0.767. The molecule has 0 aromatic rings. The van der Waals surface area contributed by atoms with E-state index in [9.17, 15) is 29.7 Å². The number of allylic oxidation sites excluding steroid dienone is 1. The maximum Gasteiger partial charge on any atom is 0.331 e. The van der Waals surface area contributed by atoms with Gasteiger partial charge in [0.15, 0.2) is 5.78 Å². The smallest absolute Gasteiger partial charge is 0.331 e. The van der Waals surface area contributed by atoms with Crippen molar-refractivity contribution in [3.63, 3.8) is 0 Å². The standard InChI is InChI=1S/C30H44O7/c1-15(10-17(31)11-16(2)26(36)37)18-12-23(35)30(7)25-19(32)13-21-27(3,4)22(34)8-9-28(21,5)24(25)20(33)14-29(18,30)6/h11,15,17-19,21-22,31-32,34H,8-10,12-14H2,1-7H3,(H,36,37). The largest absolute Gasteiger partial charge is 0.478 e. The molecule has 0 bridgehead atoms. The van der Waals surface area contributed by atoms with Gasteiger partial charge < -0.3 is 20.4 Å². The second-order valence-corrected chi connectivity index (χ2v) is 13.7. The van der Waals surface area contributed by atoms with Gasteiger partial charge in [-0.1, -0.05) is 34.6 Å². The molecule has 2 fully saturated rings. The van der Waals surface area contributed by atoms with Crippen molar-refractivity contribution in [3.8, 4) is 0 Å². The SMILES string of the molecule is CC(=CC(O)CC(C)C1CC(=O)C2(C)C3=C(C(=O)CC12C)C1(C)CCC(O)C(C)(C)C1CC3O)C(=O)O. The molecule has 4 aliphatic carbocycles. The third-order valence-corrected chi connectivity index (χ3v) is 11.4. The fourth-order valence-electron chi connectivity index (χ4n) is 9.07. The number of ketones is 2. The highest BCUT2D eigenvalue weighted by atomic mass is 16.4. The quantitative estimate of drug-likeness (QED) is 0.408. The monoisotopic (exact) mass is 516 g/mol. The molecule has 0 aliphatic heterocycles. The Morgan fingerprint density at radius 1 is 1.14 bits per heavy atom. The Labute approximate surface area is 220 Å². The summed E-state index contributed by atoms with van der Waals surface area (Å²) in [5.74, 6) is -1.50. The second-order valence-electron chi connectivity index (χ2n) is 13.7. The van der Waals surface area contributed by atoms with E-state index in [0.29, 0.717) is 30.4 Å². The van der Waals surface area contributed by atoms with Crippen molar-refractivity contribution in [2.24, 2.45) is 39.4 Å². The molecule has 7 nitrogen and oxygen atoms in total. The summed E-state index contributed by atoms with van der Waals surface area (Å²) in [6.07, 6.45) is 1.26. The van der Waals surface area contributed by atoms with E-state index < -0.39 is 45.9 Å². The first kappa shape index (κ1) is 28.2. The van der Waals surface area contributed by atoms with Gasteiger partial charge in [-0.15, -0.1) is 0 Å². The van der Waals surface area contributed by atoms with Crippen molar-refractivity contribution in [2.45, 2.75) is 105 Å².